The van der Waals surface area contributed by atoms with Gasteiger partial charge >= 0.3 is 0 Å². The Kier molecular flexibility index (Phi) is 5.03. The maximum Gasteiger partial charge on any atom is 0.224 e. The minimum absolute atomic E-state index is 0.219. The molecule has 2 aliphatic heterocycles. The minimum atomic E-state index is 0.219. The van der Waals surface area contributed by atoms with Crippen LogP contribution in [0.25, 0.3) is 0 Å². The predicted molar refractivity (Wildman–Crippen MR) is 88.4 cm³/mol. The molecule has 126 valence electrons. The summed E-state index contributed by atoms with van der Waals surface area (Å²) in [5, 5.41) is 0. The number of methoxy groups -OCH3 is 1. The number of fused-ring (bicyclic) bond motifs is 1. The summed E-state index contributed by atoms with van der Waals surface area (Å²) >= 11 is 0. The number of carbonyl (C=O) groups excluding carboxylic acids is 1. The van der Waals surface area contributed by atoms with Crippen molar-refractivity contribution >= 4 is 11.6 Å². The maximum absolute atomic E-state index is 12.5. The summed E-state index contributed by atoms with van der Waals surface area (Å²) in [6, 6.07) is 3.94. The second kappa shape index (κ2) is 7.19. The van der Waals surface area contributed by atoms with Crippen molar-refractivity contribution in [2.45, 2.75) is 19.4 Å². The largest absolute Gasteiger partial charge is 0.495 e. The Hall–Kier alpha value is -1.79. The fraction of sp³-hybridized carbons (Fsp3) is 0.588. The average Bonchev–Trinajstić information content (AvgIpc) is 2.59. The third-order valence-corrected chi connectivity index (χ3v) is 4.66. The summed E-state index contributed by atoms with van der Waals surface area (Å²) in [6.07, 6.45) is 1.43. The fourth-order valence-corrected chi connectivity index (χ4v) is 3.23. The number of hydrogen-bond donors (Lipinski definition) is 1. The molecule has 0 bridgehead atoms. The van der Waals surface area contributed by atoms with Crippen LogP contribution >= 0.6 is 0 Å². The van der Waals surface area contributed by atoms with E-state index in [0.29, 0.717) is 18.7 Å². The van der Waals surface area contributed by atoms with Crippen LogP contribution in [-0.2, 0) is 22.5 Å². The molecule has 0 unspecified atom stereocenters. The molecular weight excluding hydrogens is 294 g/mol. The first kappa shape index (κ1) is 16.1. The third-order valence-electron chi connectivity index (χ3n) is 4.66. The van der Waals surface area contributed by atoms with Gasteiger partial charge in [-0.2, -0.15) is 0 Å². The Balaban J connectivity index is 1.57. The fourth-order valence-electron chi connectivity index (χ4n) is 3.23. The third kappa shape index (κ3) is 3.76. The zero-order valence-corrected chi connectivity index (χ0v) is 13.7. The van der Waals surface area contributed by atoms with Crippen LogP contribution in [0.4, 0.5) is 5.69 Å². The lowest BCUT2D eigenvalue weighted by Crippen LogP contribution is -2.41. The number of ether oxygens (including phenoxy) is 2. The van der Waals surface area contributed by atoms with E-state index in [1.807, 2.05) is 17.0 Å². The molecule has 2 heterocycles. The summed E-state index contributed by atoms with van der Waals surface area (Å²) < 4.78 is 10.6. The first-order valence-corrected chi connectivity index (χ1v) is 8.20. The highest BCUT2D eigenvalue weighted by molar-refractivity contribution is 5.77. The van der Waals surface area contributed by atoms with E-state index in [0.717, 1.165) is 57.1 Å². The number of carbonyl (C=O) groups is 1. The molecular formula is C17H25N3O3. The number of morpholine rings is 1. The highest BCUT2D eigenvalue weighted by atomic mass is 16.5. The van der Waals surface area contributed by atoms with Gasteiger partial charge in [-0.1, -0.05) is 0 Å². The van der Waals surface area contributed by atoms with Crippen LogP contribution < -0.4 is 10.5 Å². The second-order valence-electron chi connectivity index (χ2n) is 6.13. The first-order chi connectivity index (χ1) is 11.2. The zero-order valence-electron chi connectivity index (χ0n) is 13.7. The van der Waals surface area contributed by atoms with Crippen molar-refractivity contribution in [3.05, 3.63) is 23.3 Å². The Morgan fingerprint density at radius 1 is 1.26 bits per heavy atom. The molecule has 1 saturated heterocycles. The lowest BCUT2D eigenvalue weighted by Gasteiger charge is -2.31. The predicted octanol–water partition coefficient (Wildman–Crippen LogP) is 0.884. The van der Waals surface area contributed by atoms with E-state index in [1.165, 1.54) is 5.56 Å². The van der Waals surface area contributed by atoms with Crippen molar-refractivity contribution in [1.29, 1.82) is 0 Å². The molecule has 1 amide bonds. The highest BCUT2D eigenvalue weighted by Crippen LogP contribution is 2.29. The van der Waals surface area contributed by atoms with Gasteiger partial charge in [0.1, 0.15) is 5.75 Å². The van der Waals surface area contributed by atoms with Crippen LogP contribution in [0.3, 0.4) is 0 Å². The standard InChI is InChI=1S/C17H25N3O3/c1-22-16-11-13-2-5-20(12-14(13)10-15(16)18)17(21)3-4-19-6-8-23-9-7-19/h10-11H,2-9,12,18H2,1H3. The minimum Gasteiger partial charge on any atom is -0.495 e. The van der Waals surface area contributed by atoms with Crippen LogP contribution in [0.1, 0.15) is 17.5 Å². The Bertz CT molecular complexity index is 570. The van der Waals surface area contributed by atoms with Crippen molar-refractivity contribution in [2.75, 3.05) is 52.2 Å². The number of rotatable bonds is 4. The van der Waals surface area contributed by atoms with Crippen molar-refractivity contribution < 1.29 is 14.3 Å². The number of amides is 1. The number of nitrogen functional groups attached to an aromatic ring is 1. The van der Waals surface area contributed by atoms with Crippen molar-refractivity contribution in [3.8, 4) is 5.75 Å². The van der Waals surface area contributed by atoms with Gasteiger partial charge in [-0.05, 0) is 29.7 Å². The van der Waals surface area contributed by atoms with Gasteiger partial charge in [0.25, 0.3) is 0 Å². The van der Waals surface area contributed by atoms with E-state index in [9.17, 15) is 4.79 Å². The molecule has 1 aromatic rings. The number of nitrogens with zero attached hydrogens (tertiary/aromatic N) is 2. The van der Waals surface area contributed by atoms with E-state index in [4.69, 9.17) is 15.2 Å². The maximum atomic E-state index is 12.5. The lowest BCUT2D eigenvalue weighted by atomic mass is 9.98. The van der Waals surface area contributed by atoms with Gasteiger partial charge in [-0.15, -0.1) is 0 Å². The summed E-state index contributed by atoms with van der Waals surface area (Å²) in [5.74, 6) is 0.937. The Labute approximate surface area is 137 Å². The molecule has 23 heavy (non-hydrogen) atoms. The normalized spacial score (nSPS) is 18.6. The van der Waals surface area contributed by atoms with E-state index in [2.05, 4.69) is 4.90 Å². The van der Waals surface area contributed by atoms with E-state index in [1.54, 1.807) is 7.11 Å². The van der Waals surface area contributed by atoms with Gasteiger partial charge in [-0.25, -0.2) is 0 Å². The van der Waals surface area contributed by atoms with Gasteiger partial charge in [0.05, 0.1) is 26.0 Å². The SMILES string of the molecule is COc1cc2c(cc1N)CN(C(=O)CCN1CCOCC1)CC2. The van der Waals surface area contributed by atoms with Gasteiger partial charge in [0, 0.05) is 39.1 Å². The highest BCUT2D eigenvalue weighted by Gasteiger charge is 2.22. The van der Waals surface area contributed by atoms with Crippen LogP contribution in [-0.4, -0.2) is 62.2 Å². The molecule has 2 aliphatic rings. The monoisotopic (exact) mass is 319 g/mol. The van der Waals surface area contributed by atoms with Crippen LogP contribution in [0.2, 0.25) is 0 Å². The molecule has 6 heteroatoms. The molecule has 0 spiro atoms. The van der Waals surface area contributed by atoms with Gasteiger partial charge < -0.3 is 20.1 Å². The molecule has 0 atom stereocenters. The number of hydrogen-bond acceptors (Lipinski definition) is 5. The molecule has 0 saturated carbocycles. The number of benzene rings is 1. The van der Waals surface area contributed by atoms with E-state index in [-0.39, 0.29) is 5.91 Å². The average molecular weight is 319 g/mol. The topological polar surface area (TPSA) is 68.0 Å². The Morgan fingerprint density at radius 2 is 2.04 bits per heavy atom. The number of anilines is 1. The molecule has 3 rings (SSSR count). The van der Waals surface area contributed by atoms with Gasteiger partial charge in [0.15, 0.2) is 0 Å². The van der Waals surface area contributed by atoms with Gasteiger partial charge in [0.2, 0.25) is 5.91 Å². The molecule has 0 aliphatic carbocycles. The first-order valence-electron chi connectivity index (χ1n) is 8.20. The lowest BCUT2D eigenvalue weighted by molar-refractivity contribution is -0.132. The van der Waals surface area contributed by atoms with Crippen LogP contribution in [0, 0.1) is 0 Å². The smallest absolute Gasteiger partial charge is 0.224 e. The van der Waals surface area contributed by atoms with Crippen molar-refractivity contribution in [2.24, 2.45) is 0 Å². The second-order valence-corrected chi connectivity index (χ2v) is 6.13. The summed E-state index contributed by atoms with van der Waals surface area (Å²) in [6.45, 7) is 5.61. The van der Waals surface area contributed by atoms with Crippen molar-refractivity contribution in [3.63, 3.8) is 0 Å². The Morgan fingerprint density at radius 3 is 2.78 bits per heavy atom. The van der Waals surface area contributed by atoms with Gasteiger partial charge in [-0.3, -0.25) is 9.69 Å². The molecule has 0 radical (unpaired) electrons. The molecule has 1 aromatic carbocycles. The molecule has 6 nitrogen and oxygen atoms in total. The molecule has 2 N–H and O–H groups in total. The molecule has 1 fully saturated rings. The van der Waals surface area contributed by atoms with E-state index < -0.39 is 0 Å². The summed E-state index contributed by atoms with van der Waals surface area (Å²) in [5.41, 5.74) is 8.98. The number of nitrogens with two attached hydrogens (primary N) is 1. The summed E-state index contributed by atoms with van der Waals surface area (Å²) in [4.78, 5) is 16.7. The molecule has 0 aromatic heterocycles. The zero-order chi connectivity index (χ0) is 16.2. The van der Waals surface area contributed by atoms with Crippen LogP contribution in [0.15, 0.2) is 12.1 Å². The van der Waals surface area contributed by atoms with Crippen molar-refractivity contribution in [1.82, 2.24) is 9.80 Å². The van der Waals surface area contributed by atoms with E-state index >= 15 is 0 Å². The van der Waals surface area contributed by atoms with Crippen LogP contribution in [0.5, 0.6) is 5.75 Å². The summed E-state index contributed by atoms with van der Waals surface area (Å²) in [7, 11) is 1.63. The quantitative estimate of drug-likeness (QED) is 0.835.